The molecule has 2 aromatic heterocycles. The lowest BCUT2D eigenvalue weighted by Gasteiger charge is -2.42. The largest absolute Gasteiger partial charge is 0.317 e. The van der Waals surface area contributed by atoms with Gasteiger partial charge < -0.3 is 9.80 Å². The van der Waals surface area contributed by atoms with Crippen LogP contribution >= 0.6 is 45.9 Å². The first-order valence-electron chi connectivity index (χ1n) is 10.5. The van der Waals surface area contributed by atoms with Crippen molar-refractivity contribution in [3.8, 4) is 0 Å². The Labute approximate surface area is 209 Å². The van der Waals surface area contributed by atoms with Gasteiger partial charge in [-0.2, -0.15) is 0 Å². The van der Waals surface area contributed by atoms with Gasteiger partial charge in [0.1, 0.15) is 0 Å². The molecule has 0 unspecified atom stereocenters. The number of benzene rings is 3. The molecule has 9 heteroatoms. The minimum absolute atomic E-state index is 0.715. The van der Waals surface area contributed by atoms with E-state index in [9.17, 15) is 0 Å². The molecule has 0 saturated carbocycles. The Balaban J connectivity index is 1.35. The molecule has 33 heavy (non-hydrogen) atoms. The van der Waals surface area contributed by atoms with Crippen molar-refractivity contribution in [3.63, 3.8) is 0 Å². The number of thiazole rings is 2. The fourth-order valence-corrected chi connectivity index (χ4v) is 6.50. The van der Waals surface area contributed by atoms with Crippen molar-refractivity contribution >= 4 is 76.6 Å². The van der Waals surface area contributed by atoms with Crippen LogP contribution in [0.25, 0.3) is 20.4 Å². The molecule has 0 N–H and O–H groups in total. The smallest absolute Gasteiger partial charge is 0.188 e. The topological polar surface area (TPSA) is 35.5 Å². The highest BCUT2D eigenvalue weighted by Crippen LogP contribution is 2.35. The predicted octanol–water partition coefficient (Wildman–Crippen LogP) is 6.91. The van der Waals surface area contributed by atoms with E-state index in [1.54, 1.807) is 22.7 Å². The van der Waals surface area contributed by atoms with Gasteiger partial charge in [0.05, 0.1) is 40.4 Å². The van der Waals surface area contributed by atoms with E-state index >= 15 is 0 Å². The highest BCUT2D eigenvalue weighted by Gasteiger charge is 2.28. The first-order valence-corrected chi connectivity index (χ1v) is 12.9. The van der Waals surface area contributed by atoms with E-state index in [1.807, 2.05) is 36.4 Å². The third kappa shape index (κ3) is 4.39. The maximum absolute atomic E-state index is 6.21. The van der Waals surface area contributed by atoms with E-state index in [-0.39, 0.29) is 0 Å². The summed E-state index contributed by atoms with van der Waals surface area (Å²) in [5.74, 6) is 0. The van der Waals surface area contributed by atoms with Gasteiger partial charge in [-0.05, 0) is 42.0 Å². The highest BCUT2D eigenvalue weighted by atomic mass is 35.5. The quantitative estimate of drug-likeness (QED) is 0.261. The summed E-state index contributed by atoms with van der Waals surface area (Å²) < 4.78 is 2.19. The summed E-state index contributed by atoms with van der Waals surface area (Å²) in [5, 5.41) is 3.44. The van der Waals surface area contributed by atoms with Gasteiger partial charge >= 0.3 is 0 Å². The molecule has 0 bridgehead atoms. The van der Waals surface area contributed by atoms with Crippen molar-refractivity contribution in [1.29, 1.82) is 0 Å². The Kier molecular flexibility index (Phi) is 5.60. The molecule has 5 aromatic rings. The maximum atomic E-state index is 6.21. The van der Waals surface area contributed by atoms with Crippen LogP contribution in [0.5, 0.6) is 0 Å². The second kappa shape index (κ2) is 8.74. The molecule has 6 rings (SSSR count). The van der Waals surface area contributed by atoms with E-state index < -0.39 is 0 Å². The van der Waals surface area contributed by atoms with Crippen molar-refractivity contribution in [2.45, 2.75) is 6.54 Å². The summed E-state index contributed by atoms with van der Waals surface area (Å²) in [6.45, 7) is 3.14. The van der Waals surface area contributed by atoms with Crippen molar-refractivity contribution < 1.29 is 0 Å². The molecule has 5 nitrogen and oxygen atoms in total. The van der Waals surface area contributed by atoms with E-state index in [0.717, 1.165) is 60.6 Å². The number of nitrogens with zero attached hydrogens (tertiary/aromatic N) is 5. The molecule has 0 amide bonds. The number of hydrogen-bond acceptors (Lipinski definition) is 7. The van der Waals surface area contributed by atoms with E-state index in [0.29, 0.717) is 6.67 Å². The standard InChI is InChI=1S/C24H19Cl2N5S2/c25-17-6-8-19-21(10-17)32-23(27-19)30-13-29(12-16-4-2-1-3-5-16)14-31(15-30)24-28-20-9-7-18(26)11-22(20)33-24/h1-11H,12-15H2. The van der Waals surface area contributed by atoms with Crippen LogP contribution in [0.2, 0.25) is 10.0 Å². The zero-order valence-corrected chi connectivity index (χ0v) is 20.6. The molecular formula is C24H19Cl2N5S2. The van der Waals surface area contributed by atoms with Crippen LogP contribution in [0.1, 0.15) is 5.56 Å². The van der Waals surface area contributed by atoms with Crippen molar-refractivity contribution in [1.82, 2.24) is 14.9 Å². The zero-order chi connectivity index (χ0) is 22.4. The minimum atomic E-state index is 0.715. The lowest BCUT2D eigenvalue weighted by Crippen LogP contribution is -2.55. The number of rotatable bonds is 4. The van der Waals surface area contributed by atoms with Gasteiger partial charge in [0, 0.05) is 16.6 Å². The third-order valence-corrected chi connectivity index (χ3v) is 8.18. The fraction of sp³-hybridized carbons (Fsp3) is 0.167. The zero-order valence-electron chi connectivity index (χ0n) is 17.5. The van der Waals surface area contributed by atoms with Crippen LogP contribution < -0.4 is 9.80 Å². The van der Waals surface area contributed by atoms with E-state index in [2.05, 4.69) is 45.0 Å². The van der Waals surface area contributed by atoms with Crippen LogP contribution in [-0.2, 0) is 6.54 Å². The number of aromatic nitrogens is 2. The van der Waals surface area contributed by atoms with Crippen LogP contribution in [0.4, 0.5) is 10.3 Å². The Morgan fingerprint density at radius 3 is 1.79 bits per heavy atom. The van der Waals surface area contributed by atoms with Gasteiger partial charge in [0.15, 0.2) is 10.3 Å². The summed E-state index contributed by atoms with van der Waals surface area (Å²) in [7, 11) is 0. The average Bonchev–Trinajstić information content (AvgIpc) is 3.43. The van der Waals surface area contributed by atoms with E-state index in [1.165, 1.54) is 5.56 Å². The Morgan fingerprint density at radius 2 is 1.24 bits per heavy atom. The van der Waals surface area contributed by atoms with Gasteiger partial charge in [0.2, 0.25) is 0 Å². The first kappa shape index (κ1) is 21.1. The molecule has 0 spiro atoms. The SMILES string of the molecule is Clc1ccc2nc(N3CN(Cc4ccccc4)CN(c4nc5ccc(Cl)cc5s4)C3)sc2c1. The Bertz CT molecular complexity index is 1350. The van der Waals surface area contributed by atoms with Crippen LogP contribution in [0.15, 0.2) is 66.7 Å². The fourth-order valence-electron chi connectivity index (χ4n) is 4.05. The summed E-state index contributed by atoms with van der Waals surface area (Å²) in [6, 6.07) is 22.3. The van der Waals surface area contributed by atoms with Crippen molar-refractivity contribution in [3.05, 3.63) is 82.3 Å². The van der Waals surface area contributed by atoms with Gasteiger partial charge in [-0.15, -0.1) is 0 Å². The van der Waals surface area contributed by atoms with Gasteiger partial charge in [0.25, 0.3) is 0 Å². The Hall–Kier alpha value is -2.42. The van der Waals surface area contributed by atoms with Crippen molar-refractivity contribution in [2.24, 2.45) is 0 Å². The van der Waals surface area contributed by atoms with Gasteiger partial charge in [-0.3, -0.25) is 4.90 Å². The molecule has 1 fully saturated rings. The normalized spacial score (nSPS) is 15.1. The van der Waals surface area contributed by atoms with Crippen LogP contribution in [0.3, 0.4) is 0 Å². The molecule has 3 heterocycles. The molecule has 0 atom stereocenters. The molecular weight excluding hydrogens is 493 g/mol. The van der Waals surface area contributed by atoms with Crippen LogP contribution in [-0.4, -0.2) is 34.9 Å². The molecule has 166 valence electrons. The van der Waals surface area contributed by atoms with Crippen LogP contribution in [0, 0.1) is 0 Å². The number of fused-ring (bicyclic) bond motifs is 2. The molecule has 1 aliphatic heterocycles. The maximum Gasteiger partial charge on any atom is 0.188 e. The molecule has 0 aliphatic carbocycles. The number of hydrogen-bond donors (Lipinski definition) is 0. The first-order chi connectivity index (χ1) is 16.1. The van der Waals surface area contributed by atoms with Gasteiger partial charge in [-0.1, -0.05) is 76.2 Å². The highest BCUT2D eigenvalue weighted by molar-refractivity contribution is 7.22. The lowest BCUT2D eigenvalue weighted by molar-refractivity contribution is 0.234. The second-order valence-corrected chi connectivity index (χ2v) is 10.9. The monoisotopic (exact) mass is 511 g/mol. The van der Waals surface area contributed by atoms with E-state index in [4.69, 9.17) is 33.2 Å². The number of anilines is 2. The molecule has 3 aromatic carbocycles. The summed E-state index contributed by atoms with van der Waals surface area (Å²) in [5.41, 5.74) is 3.23. The van der Waals surface area contributed by atoms with Gasteiger partial charge in [-0.25, -0.2) is 9.97 Å². The molecule has 1 saturated heterocycles. The average molecular weight is 512 g/mol. The third-order valence-electron chi connectivity index (χ3n) is 5.55. The molecule has 0 radical (unpaired) electrons. The molecule has 1 aliphatic rings. The lowest BCUT2D eigenvalue weighted by atomic mass is 10.2. The second-order valence-electron chi connectivity index (χ2n) is 8.04. The summed E-state index contributed by atoms with van der Waals surface area (Å²) in [4.78, 5) is 16.8. The predicted molar refractivity (Wildman–Crippen MR) is 141 cm³/mol. The van der Waals surface area contributed by atoms with Crippen molar-refractivity contribution in [2.75, 3.05) is 29.8 Å². The Morgan fingerprint density at radius 1 is 0.697 bits per heavy atom. The number of halogens is 2. The summed E-state index contributed by atoms with van der Waals surface area (Å²) in [6.07, 6.45) is 0. The summed E-state index contributed by atoms with van der Waals surface area (Å²) >= 11 is 15.8. The minimum Gasteiger partial charge on any atom is -0.317 e.